The molecular weight excluding hydrogens is 220 g/mol. The first-order valence-electron chi connectivity index (χ1n) is 5.46. The lowest BCUT2D eigenvalue weighted by Crippen LogP contribution is -2.31. The Hall–Kier alpha value is -1.10. The predicted octanol–water partition coefficient (Wildman–Crippen LogP) is 1.60. The number of rotatable bonds is 4. The van der Waals surface area contributed by atoms with Crippen LogP contribution in [0.5, 0.6) is 0 Å². The van der Waals surface area contributed by atoms with Gasteiger partial charge < -0.3 is 10.6 Å². The van der Waals surface area contributed by atoms with Crippen LogP contribution in [0.15, 0.2) is 0 Å². The third-order valence-electron chi connectivity index (χ3n) is 3.02. The van der Waals surface area contributed by atoms with Crippen LogP contribution in [0, 0.1) is 6.92 Å². The second-order valence-corrected chi connectivity index (χ2v) is 4.58. The van der Waals surface area contributed by atoms with Crippen LogP contribution < -0.4 is 10.6 Å². The molecule has 1 heterocycles. The Labute approximate surface area is 102 Å². The van der Waals surface area contributed by atoms with Crippen LogP contribution in [0.3, 0.4) is 0 Å². The van der Waals surface area contributed by atoms with Gasteiger partial charge in [-0.3, -0.25) is 4.68 Å². The van der Waals surface area contributed by atoms with Crippen molar-refractivity contribution < 1.29 is 0 Å². The zero-order chi connectivity index (χ0) is 12.5. The fourth-order valence-electron chi connectivity index (χ4n) is 1.82. The zero-order valence-corrected chi connectivity index (χ0v) is 11.4. The normalized spacial score (nSPS) is 12.6. The van der Waals surface area contributed by atoms with Crippen LogP contribution in [-0.2, 0) is 7.05 Å². The molecule has 0 bridgehead atoms. The highest BCUT2D eigenvalue weighted by atomic mass is 32.1. The van der Waals surface area contributed by atoms with E-state index in [1.807, 2.05) is 25.7 Å². The summed E-state index contributed by atoms with van der Waals surface area (Å²) in [4.78, 5) is 2.59. The average Bonchev–Trinajstić information content (AvgIpc) is 2.51. The van der Waals surface area contributed by atoms with Crippen LogP contribution >= 0.6 is 12.2 Å². The van der Waals surface area contributed by atoms with Crippen molar-refractivity contribution in [2.75, 3.05) is 11.9 Å². The lowest BCUT2D eigenvalue weighted by atomic mass is 10.2. The molecule has 0 aliphatic rings. The quantitative estimate of drug-likeness (QED) is 0.812. The molecule has 1 aromatic heterocycles. The monoisotopic (exact) mass is 240 g/mol. The fraction of sp³-hybridized carbons (Fsp3) is 0.636. The molecule has 1 rings (SSSR count). The molecule has 0 saturated carbocycles. The van der Waals surface area contributed by atoms with Gasteiger partial charge in [0.15, 0.2) is 0 Å². The average molecular weight is 240 g/mol. The van der Waals surface area contributed by atoms with Gasteiger partial charge in [0.2, 0.25) is 0 Å². The van der Waals surface area contributed by atoms with E-state index in [4.69, 9.17) is 18.0 Å². The molecule has 0 aliphatic heterocycles. The summed E-state index contributed by atoms with van der Waals surface area (Å²) in [5.74, 6) is 0.999. The van der Waals surface area contributed by atoms with E-state index in [0.717, 1.165) is 23.5 Å². The first kappa shape index (κ1) is 13.0. The lowest BCUT2D eigenvalue weighted by Gasteiger charge is -2.26. The molecule has 2 N–H and O–H groups in total. The Kier molecular flexibility index (Phi) is 3.91. The maximum atomic E-state index is 5.76. The van der Waals surface area contributed by atoms with Crippen LogP contribution in [0.2, 0.25) is 0 Å². The van der Waals surface area contributed by atoms with Gasteiger partial charge in [-0.25, -0.2) is 0 Å². The maximum absolute atomic E-state index is 5.76. The summed E-state index contributed by atoms with van der Waals surface area (Å²) in [7, 11) is 3.97. The summed E-state index contributed by atoms with van der Waals surface area (Å²) in [6.45, 7) is 6.26. The number of hydrogen-bond acceptors (Lipinski definition) is 3. The molecule has 90 valence electrons. The van der Waals surface area contributed by atoms with Crippen molar-refractivity contribution >= 4 is 23.0 Å². The van der Waals surface area contributed by atoms with E-state index in [1.165, 1.54) is 0 Å². The second kappa shape index (κ2) is 4.82. The minimum absolute atomic E-state index is 0.413. The summed E-state index contributed by atoms with van der Waals surface area (Å²) in [6, 6.07) is 0.433. The van der Waals surface area contributed by atoms with Gasteiger partial charge in [-0.05, 0) is 20.3 Å². The SMILES string of the molecule is CCC(C)N(C)c1c(C(N)=S)c(C)nn1C. The molecule has 0 saturated heterocycles. The van der Waals surface area contributed by atoms with Crippen molar-refractivity contribution in [2.45, 2.75) is 33.2 Å². The molecule has 1 atom stereocenters. The van der Waals surface area contributed by atoms with E-state index in [0.29, 0.717) is 11.0 Å². The van der Waals surface area contributed by atoms with Gasteiger partial charge in [0.25, 0.3) is 0 Å². The molecule has 0 spiro atoms. The number of anilines is 1. The predicted molar refractivity (Wildman–Crippen MR) is 72.0 cm³/mol. The number of hydrogen-bond donors (Lipinski definition) is 1. The lowest BCUT2D eigenvalue weighted by molar-refractivity contribution is 0.629. The number of thiocarbonyl (C=S) groups is 1. The minimum atomic E-state index is 0.413. The van der Waals surface area contributed by atoms with E-state index in [-0.39, 0.29) is 0 Å². The van der Waals surface area contributed by atoms with E-state index >= 15 is 0 Å². The highest BCUT2D eigenvalue weighted by molar-refractivity contribution is 7.80. The van der Waals surface area contributed by atoms with Crippen molar-refractivity contribution in [2.24, 2.45) is 12.8 Å². The molecular formula is C11H20N4S. The fourth-order valence-corrected chi connectivity index (χ4v) is 2.06. The first-order valence-corrected chi connectivity index (χ1v) is 5.87. The third-order valence-corrected chi connectivity index (χ3v) is 3.23. The molecule has 5 heteroatoms. The zero-order valence-electron chi connectivity index (χ0n) is 10.6. The molecule has 1 unspecified atom stereocenters. The van der Waals surface area contributed by atoms with Crippen LogP contribution in [-0.4, -0.2) is 27.9 Å². The number of aromatic nitrogens is 2. The van der Waals surface area contributed by atoms with Gasteiger partial charge in [0, 0.05) is 20.1 Å². The summed E-state index contributed by atoms with van der Waals surface area (Å²) in [5.41, 5.74) is 7.54. The molecule has 0 amide bonds. The summed E-state index contributed by atoms with van der Waals surface area (Å²) in [5, 5.41) is 4.38. The molecule has 0 radical (unpaired) electrons. The van der Waals surface area contributed by atoms with Gasteiger partial charge in [-0.15, -0.1) is 0 Å². The molecule has 4 nitrogen and oxygen atoms in total. The molecule has 1 aromatic rings. The highest BCUT2D eigenvalue weighted by Gasteiger charge is 2.21. The third kappa shape index (κ3) is 2.19. The summed E-state index contributed by atoms with van der Waals surface area (Å²) < 4.78 is 1.84. The number of nitrogens with zero attached hydrogens (tertiary/aromatic N) is 3. The van der Waals surface area contributed by atoms with Crippen molar-refractivity contribution in [3.63, 3.8) is 0 Å². The smallest absolute Gasteiger partial charge is 0.137 e. The van der Waals surface area contributed by atoms with Gasteiger partial charge in [-0.2, -0.15) is 5.10 Å². The first-order chi connectivity index (χ1) is 7.40. The Morgan fingerprint density at radius 1 is 1.62 bits per heavy atom. The largest absolute Gasteiger partial charge is 0.389 e. The van der Waals surface area contributed by atoms with Gasteiger partial charge in [0.05, 0.1) is 11.3 Å². The summed E-state index contributed by atoms with van der Waals surface area (Å²) in [6.07, 6.45) is 1.07. The van der Waals surface area contributed by atoms with Gasteiger partial charge >= 0.3 is 0 Å². The Morgan fingerprint density at radius 2 is 2.19 bits per heavy atom. The highest BCUT2D eigenvalue weighted by Crippen LogP contribution is 2.24. The second-order valence-electron chi connectivity index (χ2n) is 4.14. The Morgan fingerprint density at radius 3 is 2.62 bits per heavy atom. The number of nitrogens with two attached hydrogens (primary N) is 1. The van der Waals surface area contributed by atoms with Crippen molar-refractivity contribution in [1.29, 1.82) is 0 Å². The molecule has 0 aliphatic carbocycles. The van der Waals surface area contributed by atoms with Gasteiger partial charge in [0.1, 0.15) is 10.8 Å². The maximum Gasteiger partial charge on any atom is 0.137 e. The van der Waals surface area contributed by atoms with Crippen molar-refractivity contribution in [3.8, 4) is 0 Å². The van der Waals surface area contributed by atoms with Crippen LogP contribution in [0.4, 0.5) is 5.82 Å². The van der Waals surface area contributed by atoms with Crippen LogP contribution in [0.25, 0.3) is 0 Å². The molecule has 0 aromatic carbocycles. The molecule has 0 fully saturated rings. The molecule has 16 heavy (non-hydrogen) atoms. The Balaban J connectivity index is 3.26. The standard InChI is InChI=1S/C11H20N4S/c1-6-7(2)14(4)11-9(10(12)16)8(3)13-15(11)5/h7H,6H2,1-5H3,(H2,12,16). The van der Waals surface area contributed by atoms with Crippen molar-refractivity contribution in [1.82, 2.24) is 9.78 Å². The van der Waals surface area contributed by atoms with Gasteiger partial charge in [-0.1, -0.05) is 19.1 Å². The van der Waals surface area contributed by atoms with E-state index in [9.17, 15) is 0 Å². The van der Waals surface area contributed by atoms with Crippen molar-refractivity contribution in [3.05, 3.63) is 11.3 Å². The topological polar surface area (TPSA) is 47.1 Å². The minimum Gasteiger partial charge on any atom is -0.389 e. The van der Waals surface area contributed by atoms with Crippen LogP contribution in [0.1, 0.15) is 31.5 Å². The number of aryl methyl sites for hydroxylation is 2. The van der Waals surface area contributed by atoms with E-state index < -0.39 is 0 Å². The summed E-state index contributed by atoms with van der Waals surface area (Å²) >= 11 is 5.09. The Bertz CT molecular complexity index is 397. The van der Waals surface area contributed by atoms with E-state index in [2.05, 4.69) is 23.8 Å². The van der Waals surface area contributed by atoms with E-state index in [1.54, 1.807) is 0 Å².